The molecule has 106 valence electrons. The lowest BCUT2D eigenvalue weighted by Gasteiger charge is -2.16. The fraction of sp³-hybridized carbons (Fsp3) is 0.471. The number of hydrogen-bond donors (Lipinski definition) is 2. The third-order valence-corrected chi connectivity index (χ3v) is 3.58. The zero-order valence-corrected chi connectivity index (χ0v) is 11.9. The number of aliphatic hydroxyl groups excluding tert-OH is 1. The fourth-order valence-corrected chi connectivity index (χ4v) is 2.23. The van der Waals surface area contributed by atoms with E-state index in [4.69, 9.17) is 5.11 Å². The molecule has 1 fully saturated rings. The Hall–Kier alpha value is -1.79. The summed E-state index contributed by atoms with van der Waals surface area (Å²) < 4.78 is 0. The lowest BCUT2D eigenvalue weighted by molar-refractivity contribution is 0.0932. The fourth-order valence-electron chi connectivity index (χ4n) is 2.23. The Balaban J connectivity index is 2.00. The van der Waals surface area contributed by atoms with E-state index in [-0.39, 0.29) is 18.6 Å². The van der Waals surface area contributed by atoms with Crippen molar-refractivity contribution < 1.29 is 9.90 Å². The molecule has 1 saturated carbocycles. The normalized spacial score (nSPS) is 15.1. The van der Waals surface area contributed by atoms with E-state index in [1.807, 2.05) is 12.1 Å². The van der Waals surface area contributed by atoms with Crippen molar-refractivity contribution in [2.24, 2.45) is 5.92 Å². The van der Waals surface area contributed by atoms with Crippen LogP contribution in [0.15, 0.2) is 24.3 Å². The van der Waals surface area contributed by atoms with Crippen LogP contribution in [0.2, 0.25) is 0 Å². The molecule has 0 aromatic heterocycles. The second kappa shape index (κ2) is 7.12. The Labute approximate surface area is 120 Å². The molecule has 0 spiro atoms. The van der Waals surface area contributed by atoms with Gasteiger partial charge in [0.15, 0.2) is 0 Å². The number of amides is 1. The van der Waals surface area contributed by atoms with Crippen LogP contribution in [0.5, 0.6) is 0 Å². The van der Waals surface area contributed by atoms with Crippen LogP contribution in [-0.4, -0.2) is 23.7 Å². The Morgan fingerprint density at radius 2 is 2.30 bits per heavy atom. The van der Waals surface area contributed by atoms with E-state index in [1.54, 1.807) is 12.1 Å². The van der Waals surface area contributed by atoms with Crippen LogP contribution >= 0.6 is 0 Å². The lowest BCUT2D eigenvalue weighted by Crippen LogP contribution is -2.34. The largest absolute Gasteiger partial charge is 0.384 e. The van der Waals surface area contributed by atoms with Crippen LogP contribution in [-0.2, 0) is 0 Å². The molecule has 0 aliphatic heterocycles. The number of rotatable bonds is 5. The Morgan fingerprint density at radius 1 is 1.50 bits per heavy atom. The topological polar surface area (TPSA) is 49.3 Å². The molecule has 3 nitrogen and oxygen atoms in total. The summed E-state index contributed by atoms with van der Waals surface area (Å²) in [6.45, 7) is 1.94. The summed E-state index contributed by atoms with van der Waals surface area (Å²) >= 11 is 0. The first-order chi connectivity index (χ1) is 9.72. The lowest BCUT2D eigenvalue weighted by atomic mass is 10.1. The first-order valence-corrected chi connectivity index (χ1v) is 7.23. The average molecular weight is 271 g/mol. The molecule has 1 amide bonds. The highest BCUT2D eigenvalue weighted by atomic mass is 16.2. The van der Waals surface area contributed by atoms with Gasteiger partial charge < -0.3 is 10.4 Å². The van der Waals surface area contributed by atoms with Gasteiger partial charge in [-0.25, -0.2) is 0 Å². The molecule has 0 saturated heterocycles. The minimum absolute atomic E-state index is 0.0369. The first-order valence-electron chi connectivity index (χ1n) is 7.23. The third-order valence-electron chi connectivity index (χ3n) is 3.58. The molecule has 1 aromatic carbocycles. The molecule has 2 N–H and O–H groups in total. The highest BCUT2D eigenvalue weighted by Crippen LogP contribution is 2.34. The molecule has 2 rings (SSSR count). The Morgan fingerprint density at radius 3 is 2.95 bits per heavy atom. The van der Waals surface area contributed by atoms with Crippen LogP contribution in [0.1, 0.15) is 48.5 Å². The van der Waals surface area contributed by atoms with Gasteiger partial charge in [-0.1, -0.05) is 37.7 Å². The van der Waals surface area contributed by atoms with E-state index in [0.717, 1.165) is 24.3 Å². The van der Waals surface area contributed by atoms with Crippen molar-refractivity contribution in [3.63, 3.8) is 0 Å². The van der Waals surface area contributed by atoms with E-state index >= 15 is 0 Å². The second-order valence-electron chi connectivity index (χ2n) is 5.30. The number of aliphatic hydroxyl groups is 1. The maximum Gasteiger partial charge on any atom is 0.251 e. The van der Waals surface area contributed by atoms with Gasteiger partial charge in [0.2, 0.25) is 0 Å². The van der Waals surface area contributed by atoms with Gasteiger partial charge in [0.05, 0.1) is 0 Å². The summed E-state index contributed by atoms with van der Waals surface area (Å²) in [6.07, 6.45) is 4.66. The molecule has 1 unspecified atom stereocenters. The molecule has 20 heavy (non-hydrogen) atoms. The molecule has 0 bridgehead atoms. The van der Waals surface area contributed by atoms with Crippen molar-refractivity contribution in [1.29, 1.82) is 0 Å². The summed E-state index contributed by atoms with van der Waals surface area (Å²) in [6, 6.07) is 7.48. The predicted octanol–water partition coefficient (Wildman–Crippen LogP) is 2.34. The summed E-state index contributed by atoms with van der Waals surface area (Å²) in [7, 11) is 0. The first kappa shape index (κ1) is 14.6. The van der Waals surface area contributed by atoms with Gasteiger partial charge in [-0.3, -0.25) is 4.79 Å². The minimum atomic E-state index is -0.171. The van der Waals surface area contributed by atoms with Crippen LogP contribution in [0.25, 0.3) is 0 Å². The molecule has 0 heterocycles. The maximum absolute atomic E-state index is 12.2. The second-order valence-corrected chi connectivity index (χ2v) is 5.30. The standard InChI is InChI=1S/C17H21NO2/c1-2-16(12-14-8-9-14)18-17(20)15-7-3-5-13(11-15)6-4-10-19/h3,5,7,11,14,16,19H,2,8-10,12H2,1H3,(H,18,20). The van der Waals surface area contributed by atoms with Crippen molar-refractivity contribution in [3.8, 4) is 11.8 Å². The van der Waals surface area contributed by atoms with Gasteiger partial charge in [-0.05, 0) is 37.0 Å². The van der Waals surface area contributed by atoms with Gasteiger partial charge >= 0.3 is 0 Å². The van der Waals surface area contributed by atoms with Crippen molar-refractivity contribution in [2.75, 3.05) is 6.61 Å². The van der Waals surface area contributed by atoms with Gasteiger partial charge in [0, 0.05) is 17.2 Å². The highest BCUT2D eigenvalue weighted by molar-refractivity contribution is 5.94. The number of hydrogen-bond acceptors (Lipinski definition) is 2. The van der Waals surface area contributed by atoms with Crippen LogP contribution < -0.4 is 5.32 Å². The summed E-state index contributed by atoms with van der Waals surface area (Å²) in [5.74, 6) is 6.18. The quantitative estimate of drug-likeness (QED) is 0.808. The van der Waals surface area contributed by atoms with E-state index in [9.17, 15) is 4.79 Å². The summed E-state index contributed by atoms with van der Waals surface area (Å²) in [5, 5.41) is 11.8. The Kier molecular flexibility index (Phi) is 5.20. The van der Waals surface area contributed by atoms with Gasteiger partial charge in [0.1, 0.15) is 6.61 Å². The zero-order valence-electron chi connectivity index (χ0n) is 11.9. The van der Waals surface area contributed by atoms with Crippen LogP contribution in [0.3, 0.4) is 0 Å². The molecule has 1 aromatic rings. The van der Waals surface area contributed by atoms with E-state index < -0.39 is 0 Å². The van der Waals surface area contributed by atoms with Crippen molar-refractivity contribution in [2.45, 2.75) is 38.6 Å². The minimum Gasteiger partial charge on any atom is -0.384 e. The Bertz CT molecular complexity index is 523. The number of carbonyl (C=O) groups is 1. The van der Waals surface area contributed by atoms with Crippen molar-refractivity contribution in [3.05, 3.63) is 35.4 Å². The maximum atomic E-state index is 12.2. The number of nitrogens with one attached hydrogen (secondary N) is 1. The van der Waals surface area contributed by atoms with Gasteiger partial charge in [-0.15, -0.1) is 0 Å². The molecule has 1 atom stereocenters. The molecular weight excluding hydrogens is 250 g/mol. The van der Waals surface area contributed by atoms with E-state index in [0.29, 0.717) is 5.56 Å². The number of carbonyl (C=O) groups excluding carboxylic acids is 1. The predicted molar refractivity (Wildman–Crippen MR) is 79.3 cm³/mol. The zero-order chi connectivity index (χ0) is 14.4. The smallest absolute Gasteiger partial charge is 0.251 e. The van der Waals surface area contributed by atoms with Crippen molar-refractivity contribution in [1.82, 2.24) is 5.32 Å². The SMILES string of the molecule is CCC(CC1CC1)NC(=O)c1cccc(C#CCO)c1. The van der Waals surface area contributed by atoms with Gasteiger partial charge in [0.25, 0.3) is 5.91 Å². The monoisotopic (exact) mass is 271 g/mol. The molecular formula is C17H21NO2. The molecule has 1 aliphatic carbocycles. The summed E-state index contributed by atoms with van der Waals surface area (Å²) in [5.41, 5.74) is 1.38. The average Bonchev–Trinajstić information content (AvgIpc) is 3.28. The van der Waals surface area contributed by atoms with Crippen LogP contribution in [0, 0.1) is 17.8 Å². The van der Waals surface area contributed by atoms with E-state index in [1.165, 1.54) is 12.8 Å². The van der Waals surface area contributed by atoms with Gasteiger partial charge in [-0.2, -0.15) is 0 Å². The summed E-state index contributed by atoms with van der Waals surface area (Å²) in [4.78, 5) is 12.2. The highest BCUT2D eigenvalue weighted by Gasteiger charge is 2.25. The van der Waals surface area contributed by atoms with Crippen LogP contribution in [0.4, 0.5) is 0 Å². The number of benzene rings is 1. The molecule has 1 aliphatic rings. The third kappa shape index (κ3) is 4.40. The van der Waals surface area contributed by atoms with Crippen molar-refractivity contribution >= 4 is 5.91 Å². The van der Waals surface area contributed by atoms with E-state index in [2.05, 4.69) is 24.1 Å². The molecule has 3 heteroatoms. The molecule has 0 radical (unpaired) electrons.